The molecule has 0 spiro atoms. The number of benzene rings is 2. The van der Waals surface area contributed by atoms with E-state index in [1.54, 1.807) is 40.1 Å². The third-order valence-corrected chi connectivity index (χ3v) is 5.92. The topological polar surface area (TPSA) is 110 Å². The molecule has 30 heavy (non-hydrogen) atoms. The summed E-state index contributed by atoms with van der Waals surface area (Å²) in [4.78, 5) is 39.9. The maximum atomic E-state index is 12.8. The highest BCUT2D eigenvalue weighted by Crippen LogP contribution is 2.37. The molecule has 0 bridgehead atoms. The van der Waals surface area contributed by atoms with Gasteiger partial charge in [0.25, 0.3) is 11.6 Å². The number of hydrogen-bond donors (Lipinski definition) is 1. The van der Waals surface area contributed by atoms with E-state index in [1.807, 2.05) is 6.07 Å². The van der Waals surface area contributed by atoms with Crippen LogP contribution in [0.3, 0.4) is 0 Å². The predicted molar refractivity (Wildman–Crippen MR) is 116 cm³/mol. The summed E-state index contributed by atoms with van der Waals surface area (Å²) in [5, 5.41) is 11.6. The molecule has 1 saturated heterocycles. The third-order valence-electron chi connectivity index (χ3n) is 4.86. The summed E-state index contributed by atoms with van der Waals surface area (Å²) < 4.78 is 0. The molecule has 0 unspecified atom stereocenters. The van der Waals surface area contributed by atoms with Crippen LogP contribution in [0, 0.1) is 10.1 Å². The number of carbonyl (C=O) groups is 2. The van der Waals surface area contributed by atoms with Crippen LogP contribution >= 0.6 is 11.8 Å². The smallest absolute Gasteiger partial charge is 0.283 e. The average molecular weight is 426 g/mol. The molecule has 2 aromatic rings. The lowest BCUT2D eigenvalue weighted by atomic mass is 10.1. The van der Waals surface area contributed by atoms with E-state index < -0.39 is 4.92 Å². The van der Waals surface area contributed by atoms with Crippen LogP contribution in [0.2, 0.25) is 0 Å². The maximum absolute atomic E-state index is 12.8. The van der Waals surface area contributed by atoms with Crippen LogP contribution < -0.4 is 5.73 Å². The molecule has 1 aliphatic heterocycles. The Balaban J connectivity index is 1.78. The lowest BCUT2D eigenvalue weighted by Gasteiger charge is -2.34. The first kappa shape index (κ1) is 21.4. The van der Waals surface area contributed by atoms with Crippen molar-refractivity contribution in [1.82, 2.24) is 9.80 Å². The Bertz CT molecular complexity index is 1020. The first-order valence-corrected chi connectivity index (χ1v) is 10.1. The molecular formula is C21H22N4O4S. The van der Waals surface area contributed by atoms with Crippen molar-refractivity contribution in [3.05, 3.63) is 64.7 Å². The van der Waals surface area contributed by atoms with Crippen molar-refractivity contribution >= 4 is 40.5 Å². The van der Waals surface area contributed by atoms with E-state index in [9.17, 15) is 19.7 Å². The molecule has 1 heterocycles. The minimum atomic E-state index is -0.471. The van der Waals surface area contributed by atoms with Crippen LogP contribution in [0.25, 0.3) is 5.57 Å². The Morgan fingerprint density at radius 1 is 1.10 bits per heavy atom. The zero-order valence-corrected chi connectivity index (χ0v) is 17.4. The number of carbonyl (C=O) groups excluding carboxylic acids is 2. The minimum Gasteiger partial charge on any atom is -0.399 e. The van der Waals surface area contributed by atoms with Crippen LogP contribution in [0.4, 0.5) is 11.4 Å². The Labute approximate surface area is 178 Å². The predicted octanol–water partition coefficient (Wildman–Crippen LogP) is 3.03. The van der Waals surface area contributed by atoms with E-state index in [0.717, 1.165) is 4.90 Å². The van der Waals surface area contributed by atoms with E-state index in [1.165, 1.54) is 24.8 Å². The molecule has 0 radical (unpaired) electrons. The molecule has 1 aliphatic rings. The van der Waals surface area contributed by atoms with Crippen LogP contribution in [-0.2, 0) is 9.59 Å². The second kappa shape index (κ2) is 9.00. The van der Waals surface area contributed by atoms with E-state index in [-0.39, 0.29) is 23.1 Å². The van der Waals surface area contributed by atoms with Crippen molar-refractivity contribution in [3.63, 3.8) is 0 Å². The molecular weight excluding hydrogens is 404 g/mol. The molecule has 156 valence electrons. The van der Waals surface area contributed by atoms with Gasteiger partial charge in [-0.25, -0.2) is 0 Å². The molecule has 0 saturated carbocycles. The molecule has 2 amide bonds. The monoisotopic (exact) mass is 426 g/mol. The number of nitrogen functional groups attached to an aromatic ring is 1. The van der Waals surface area contributed by atoms with Gasteiger partial charge in [-0.15, -0.1) is 0 Å². The summed E-state index contributed by atoms with van der Waals surface area (Å²) in [6.45, 7) is 7.10. The molecule has 9 heteroatoms. The van der Waals surface area contributed by atoms with E-state index in [0.29, 0.717) is 42.3 Å². The first-order valence-electron chi connectivity index (χ1n) is 9.32. The molecule has 2 aromatic carbocycles. The normalized spacial score (nSPS) is 13.8. The molecule has 8 nitrogen and oxygen atoms in total. The van der Waals surface area contributed by atoms with Gasteiger partial charge in [0.05, 0.1) is 9.82 Å². The fraction of sp³-hybridized carbons (Fsp3) is 0.238. The van der Waals surface area contributed by atoms with Gasteiger partial charge in [0.15, 0.2) is 0 Å². The standard InChI is InChI=1S/C21H22N4O4S/c1-14(21(27)24-10-8-23(9-11-24)15(2)26)16-6-7-20(19(12-16)25(28)29)30-18-5-3-4-17(22)13-18/h3-7,12-13H,1,8-11,22H2,2H3. The van der Waals surface area contributed by atoms with Crippen LogP contribution in [0.5, 0.6) is 0 Å². The molecule has 1 fully saturated rings. The molecule has 0 aliphatic carbocycles. The number of amides is 2. The van der Waals surface area contributed by atoms with Gasteiger partial charge in [0.2, 0.25) is 5.91 Å². The van der Waals surface area contributed by atoms with Crippen LogP contribution in [0.1, 0.15) is 12.5 Å². The summed E-state index contributed by atoms with van der Waals surface area (Å²) in [7, 11) is 0. The lowest BCUT2D eigenvalue weighted by Crippen LogP contribution is -2.50. The Morgan fingerprint density at radius 3 is 2.37 bits per heavy atom. The highest BCUT2D eigenvalue weighted by molar-refractivity contribution is 7.99. The van der Waals surface area contributed by atoms with Crippen LogP contribution in [-0.4, -0.2) is 52.7 Å². The maximum Gasteiger partial charge on any atom is 0.283 e. The molecule has 3 rings (SSSR count). The van der Waals surface area contributed by atoms with E-state index in [4.69, 9.17) is 5.73 Å². The second-order valence-electron chi connectivity index (χ2n) is 6.89. The van der Waals surface area contributed by atoms with Crippen molar-refractivity contribution in [3.8, 4) is 0 Å². The lowest BCUT2D eigenvalue weighted by molar-refractivity contribution is -0.387. The molecule has 0 atom stereocenters. The van der Waals surface area contributed by atoms with Gasteiger partial charge in [-0.1, -0.05) is 30.5 Å². The number of anilines is 1. The third kappa shape index (κ3) is 4.80. The zero-order chi connectivity index (χ0) is 21.8. The summed E-state index contributed by atoms with van der Waals surface area (Å²) in [6, 6.07) is 11.7. The van der Waals surface area contributed by atoms with Crippen molar-refractivity contribution in [2.75, 3.05) is 31.9 Å². The number of hydrogen-bond acceptors (Lipinski definition) is 6. The highest BCUT2D eigenvalue weighted by atomic mass is 32.2. The van der Waals surface area contributed by atoms with Crippen molar-refractivity contribution in [2.24, 2.45) is 0 Å². The summed E-state index contributed by atoms with van der Waals surface area (Å²) >= 11 is 1.23. The number of nitrogens with zero attached hydrogens (tertiary/aromatic N) is 3. The number of nitrogens with two attached hydrogens (primary N) is 1. The first-order chi connectivity index (χ1) is 14.3. The number of rotatable bonds is 5. The second-order valence-corrected chi connectivity index (χ2v) is 8.01. The summed E-state index contributed by atoms with van der Waals surface area (Å²) in [6.07, 6.45) is 0. The number of piperazine rings is 1. The Kier molecular flexibility index (Phi) is 6.41. The fourth-order valence-corrected chi connectivity index (χ4v) is 4.15. The van der Waals surface area contributed by atoms with Crippen LogP contribution in [0.15, 0.2) is 58.8 Å². The van der Waals surface area contributed by atoms with E-state index >= 15 is 0 Å². The summed E-state index contributed by atoms with van der Waals surface area (Å²) in [5.74, 6) is -0.312. The Hall–Kier alpha value is -3.33. The fourth-order valence-electron chi connectivity index (χ4n) is 3.18. The van der Waals surface area contributed by atoms with Crippen molar-refractivity contribution in [1.29, 1.82) is 0 Å². The molecule has 0 aromatic heterocycles. The quantitative estimate of drug-likeness (QED) is 0.341. The number of nitro benzene ring substituents is 1. The SMILES string of the molecule is C=C(C(=O)N1CCN(C(C)=O)CC1)c1ccc(Sc2cccc(N)c2)c([N+](=O)[O-])c1. The van der Waals surface area contributed by atoms with Gasteiger partial charge in [0.1, 0.15) is 0 Å². The summed E-state index contributed by atoms with van der Waals surface area (Å²) in [5.41, 5.74) is 6.84. The van der Waals surface area contributed by atoms with Crippen molar-refractivity contribution < 1.29 is 14.5 Å². The van der Waals surface area contributed by atoms with Gasteiger partial charge in [-0.2, -0.15) is 0 Å². The average Bonchev–Trinajstić information content (AvgIpc) is 2.73. The highest BCUT2D eigenvalue weighted by Gasteiger charge is 2.26. The number of nitro groups is 1. The zero-order valence-electron chi connectivity index (χ0n) is 16.5. The van der Waals surface area contributed by atoms with Gasteiger partial charge in [-0.05, 0) is 29.8 Å². The Morgan fingerprint density at radius 2 is 1.77 bits per heavy atom. The largest absolute Gasteiger partial charge is 0.399 e. The van der Waals surface area contributed by atoms with Gasteiger partial charge in [-0.3, -0.25) is 19.7 Å². The van der Waals surface area contributed by atoms with Crippen molar-refractivity contribution in [2.45, 2.75) is 16.7 Å². The van der Waals surface area contributed by atoms with E-state index in [2.05, 4.69) is 6.58 Å². The van der Waals surface area contributed by atoms with Gasteiger partial charge >= 0.3 is 0 Å². The minimum absolute atomic E-state index is 0.0233. The van der Waals surface area contributed by atoms with Gasteiger partial charge < -0.3 is 15.5 Å². The molecule has 2 N–H and O–H groups in total. The van der Waals surface area contributed by atoms with Gasteiger partial charge in [0, 0.05) is 55.3 Å².